The molecule has 2 amide bonds. The van der Waals surface area contributed by atoms with Crippen molar-refractivity contribution in [1.29, 1.82) is 0 Å². The van der Waals surface area contributed by atoms with E-state index < -0.39 is 0 Å². The first kappa shape index (κ1) is 14.1. The van der Waals surface area contributed by atoms with Gasteiger partial charge >= 0.3 is 6.03 Å². The molecule has 0 radical (unpaired) electrons. The van der Waals surface area contributed by atoms with Crippen LogP contribution < -0.4 is 5.32 Å². The molecule has 2 aromatic carbocycles. The highest BCUT2D eigenvalue weighted by molar-refractivity contribution is 7.00. The van der Waals surface area contributed by atoms with Crippen LogP contribution in [-0.4, -0.2) is 32.8 Å². The fourth-order valence-corrected chi connectivity index (χ4v) is 3.52. The van der Waals surface area contributed by atoms with Crippen LogP contribution in [0.3, 0.4) is 0 Å². The third kappa shape index (κ3) is 2.90. The Hall–Kier alpha value is -2.47. The third-order valence-electron chi connectivity index (χ3n) is 4.25. The van der Waals surface area contributed by atoms with Gasteiger partial charge in [-0.15, -0.1) is 0 Å². The van der Waals surface area contributed by atoms with Crippen LogP contribution in [0.1, 0.15) is 17.9 Å². The molecule has 0 saturated carbocycles. The molecule has 6 heteroatoms. The number of aromatic nitrogens is 2. The van der Waals surface area contributed by atoms with Gasteiger partial charge in [-0.05, 0) is 30.2 Å². The van der Waals surface area contributed by atoms with E-state index in [1.807, 2.05) is 29.2 Å². The molecule has 116 valence electrons. The van der Waals surface area contributed by atoms with E-state index in [1.54, 1.807) is 0 Å². The normalized spacial score (nSPS) is 17.6. The number of amides is 2. The Bertz CT molecular complexity index is 833. The van der Waals surface area contributed by atoms with Gasteiger partial charge in [0.15, 0.2) is 0 Å². The molecule has 0 spiro atoms. The maximum Gasteiger partial charge on any atom is 0.321 e. The fourth-order valence-electron chi connectivity index (χ4n) is 3.00. The average molecular weight is 324 g/mol. The number of fused-ring (bicyclic) bond motifs is 1. The van der Waals surface area contributed by atoms with E-state index in [0.29, 0.717) is 5.92 Å². The molecule has 3 aromatic rings. The standard InChI is InChI=1S/C17H16N4OS/c22-17(18-14-6-7-15-16(10-14)20-23-19-15)21-9-8-13(11-21)12-4-2-1-3-5-12/h1-7,10,13H,8-9,11H2,(H,18,22)/t13-/m1/s1. The van der Waals surface area contributed by atoms with Crippen LogP contribution in [0.5, 0.6) is 0 Å². The minimum absolute atomic E-state index is 0.0500. The molecule has 2 heterocycles. The van der Waals surface area contributed by atoms with Gasteiger partial charge in [-0.2, -0.15) is 8.75 Å². The molecule has 1 aliphatic heterocycles. The van der Waals surface area contributed by atoms with Crippen molar-refractivity contribution < 1.29 is 4.79 Å². The molecule has 1 aromatic heterocycles. The number of likely N-dealkylation sites (tertiary alicyclic amines) is 1. The summed E-state index contributed by atoms with van der Waals surface area (Å²) in [5.41, 5.74) is 3.74. The van der Waals surface area contributed by atoms with Gasteiger partial charge in [-0.25, -0.2) is 4.79 Å². The molecule has 0 bridgehead atoms. The zero-order valence-corrected chi connectivity index (χ0v) is 13.3. The van der Waals surface area contributed by atoms with Gasteiger partial charge in [-0.1, -0.05) is 30.3 Å². The second-order valence-electron chi connectivity index (χ2n) is 5.74. The van der Waals surface area contributed by atoms with E-state index in [4.69, 9.17) is 0 Å². The smallest absolute Gasteiger partial charge is 0.321 e. The predicted octanol–water partition coefficient (Wildman–Crippen LogP) is 3.71. The Morgan fingerprint density at radius 3 is 2.83 bits per heavy atom. The van der Waals surface area contributed by atoms with Crippen molar-refractivity contribution in [2.24, 2.45) is 0 Å². The zero-order valence-electron chi connectivity index (χ0n) is 12.5. The Balaban J connectivity index is 1.43. The van der Waals surface area contributed by atoms with E-state index in [2.05, 4.69) is 38.3 Å². The number of hydrogen-bond acceptors (Lipinski definition) is 4. The fraction of sp³-hybridized carbons (Fsp3) is 0.235. The van der Waals surface area contributed by atoms with E-state index >= 15 is 0 Å². The van der Waals surface area contributed by atoms with Crippen LogP contribution in [-0.2, 0) is 0 Å². The molecule has 23 heavy (non-hydrogen) atoms. The maximum atomic E-state index is 12.4. The van der Waals surface area contributed by atoms with Gasteiger partial charge in [0, 0.05) is 24.7 Å². The molecular formula is C17H16N4OS. The van der Waals surface area contributed by atoms with Gasteiger partial charge in [0.05, 0.1) is 11.7 Å². The molecule has 4 rings (SSSR count). The molecule has 1 saturated heterocycles. The summed E-state index contributed by atoms with van der Waals surface area (Å²) in [6.45, 7) is 1.54. The lowest BCUT2D eigenvalue weighted by molar-refractivity contribution is 0.222. The number of nitrogens with one attached hydrogen (secondary N) is 1. The van der Waals surface area contributed by atoms with Gasteiger partial charge in [0.1, 0.15) is 11.0 Å². The summed E-state index contributed by atoms with van der Waals surface area (Å²) >= 11 is 1.18. The minimum atomic E-state index is -0.0500. The van der Waals surface area contributed by atoms with Crippen LogP contribution in [0.15, 0.2) is 48.5 Å². The van der Waals surface area contributed by atoms with Crippen LogP contribution in [0.4, 0.5) is 10.5 Å². The Labute approximate surface area is 138 Å². The van der Waals surface area contributed by atoms with Gasteiger partial charge < -0.3 is 10.2 Å². The van der Waals surface area contributed by atoms with Crippen LogP contribution in [0, 0.1) is 0 Å². The lowest BCUT2D eigenvalue weighted by Gasteiger charge is -2.17. The molecule has 0 unspecified atom stereocenters. The molecule has 5 nitrogen and oxygen atoms in total. The predicted molar refractivity (Wildman–Crippen MR) is 91.8 cm³/mol. The number of anilines is 1. The Morgan fingerprint density at radius 1 is 1.13 bits per heavy atom. The highest BCUT2D eigenvalue weighted by Crippen LogP contribution is 2.27. The van der Waals surface area contributed by atoms with Crippen LogP contribution in [0.25, 0.3) is 11.0 Å². The lowest BCUT2D eigenvalue weighted by Crippen LogP contribution is -2.32. The Kier molecular flexibility index (Phi) is 3.67. The zero-order chi connectivity index (χ0) is 15.6. The number of nitrogens with zero attached hydrogens (tertiary/aromatic N) is 3. The van der Waals surface area contributed by atoms with E-state index in [0.717, 1.165) is 36.2 Å². The quantitative estimate of drug-likeness (QED) is 0.782. The van der Waals surface area contributed by atoms with Crippen molar-refractivity contribution in [1.82, 2.24) is 13.6 Å². The van der Waals surface area contributed by atoms with Crippen molar-refractivity contribution in [3.63, 3.8) is 0 Å². The highest BCUT2D eigenvalue weighted by atomic mass is 32.1. The number of hydrogen-bond donors (Lipinski definition) is 1. The summed E-state index contributed by atoms with van der Waals surface area (Å²) in [6, 6.07) is 16.0. The first-order valence-electron chi connectivity index (χ1n) is 7.63. The molecule has 1 fully saturated rings. The number of rotatable bonds is 2. The Morgan fingerprint density at radius 2 is 1.96 bits per heavy atom. The summed E-state index contributed by atoms with van der Waals surface area (Å²) < 4.78 is 8.37. The first-order valence-corrected chi connectivity index (χ1v) is 8.36. The number of carbonyl (C=O) groups excluding carboxylic acids is 1. The molecule has 1 aliphatic rings. The monoisotopic (exact) mass is 324 g/mol. The van der Waals surface area contributed by atoms with Crippen molar-refractivity contribution in [3.05, 3.63) is 54.1 Å². The van der Waals surface area contributed by atoms with Crippen molar-refractivity contribution in [2.75, 3.05) is 18.4 Å². The third-order valence-corrected chi connectivity index (χ3v) is 4.81. The topological polar surface area (TPSA) is 58.1 Å². The van der Waals surface area contributed by atoms with E-state index in [1.165, 1.54) is 17.3 Å². The van der Waals surface area contributed by atoms with Crippen molar-refractivity contribution in [3.8, 4) is 0 Å². The van der Waals surface area contributed by atoms with Gasteiger partial charge in [0.2, 0.25) is 0 Å². The minimum Gasteiger partial charge on any atom is -0.324 e. The average Bonchev–Trinajstić information content (AvgIpc) is 3.24. The summed E-state index contributed by atoms with van der Waals surface area (Å²) in [5.74, 6) is 0.423. The maximum absolute atomic E-state index is 12.4. The summed E-state index contributed by atoms with van der Waals surface area (Å²) in [7, 11) is 0. The molecule has 0 aliphatic carbocycles. The van der Waals surface area contributed by atoms with Gasteiger partial charge in [0.25, 0.3) is 0 Å². The summed E-state index contributed by atoms with van der Waals surface area (Å²) in [5, 5.41) is 2.96. The second-order valence-corrected chi connectivity index (χ2v) is 6.27. The summed E-state index contributed by atoms with van der Waals surface area (Å²) in [6.07, 6.45) is 1.01. The molecule has 1 atom stereocenters. The highest BCUT2D eigenvalue weighted by Gasteiger charge is 2.27. The molecule has 1 N–H and O–H groups in total. The van der Waals surface area contributed by atoms with E-state index in [-0.39, 0.29) is 6.03 Å². The van der Waals surface area contributed by atoms with Crippen LogP contribution in [0.2, 0.25) is 0 Å². The summed E-state index contributed by atoms with van der Waals surface area (Å²) in [4.78, 5) is 14.3. The van der Waals surface area contributed by atoms with Crippen molar-refractivity contribution in [2.45, 2.75) is 12.3 Å². The molecular weight excluding hydrogens is 308 g/mol. The van der Waals surface area contributed by atoms with E-state index in [9.17, 15) is 4.79 Å². The van der Waals surface area contributed by atoms with Crippen molar-refractivity contribution >= 4 is 34.5 Å². The SMILES string of the molecule is O=C(Nc1ccc2nsnc2c1)N1CC[C@@H](c2ccccc2)C1. The number of urea groups is 1. The second kappa shape index (κ2) is 5.96. The van der Waals surface area contributed by atoms with Gasteiger partial charge in [-0.3, -0.25) is 0 Å². The number of carbonyl (C=O) groups is 1. The lowest BCUT2D eigenvalue weighted by atomic mass is 9.99. The van der Waals surface area contributed by atoms with Crippen LogP contribution >= 0.6 is 11.7 Å². The first-order chi connectivity index (χ1) is 11.3. The largest absolute Gasteiger partial charge is 0.324 e. The number of benzene rings is 2.